The highest BCUT2D eigenvalue weighted by Crippen LogP contribution is 2.15. The molecule has 2 rings (SSSR count). The lowest BCUT2D eigenvalue weighted by molar-refractivity contribution is -0.121. The largest absolute Gasteiger partial charge is 0.484 e. The fourth-order valence-corrected chi connectivity index (χ4v) is 2.37. The first-order valence-corrected chi connectivity index (χ1v) is 8.03. The molecule has 9 heteroatoms. The second-order valence-corrected chi connectivity index (χ2v) is 5.97. The molecule has 0 aliphatic rings. The SMILES string of the molecule is O=C(COc1ccc(Cl)cc1)NC(=S)NNC(=O)c1cccs1. The normalized spacial score (nSPS) is 9.78. The Balaban J connectivity index is 1.69. The lowest BCUT2D eigenvalue weighted by Crippen LogP contribution is -2.49. The average molecular weight is 370 g/mol. The number of carbonyl (C=O) groups is 2. The van der Waals surface area contributed by atoms with Crippen molar-refractivity contribution >= 4 is 52.1 Å². The van der Waals surface area contributed by atoms with E-state index >= 15 is 0 Å². The first-order valence-electron chi connectivity index (χ1n) is 6.36. The predicted molar refractivity (Wildman–Crippen MR) is 92.6 cm³/mol. The van der Waals surface area contributed by atoms with Crippen molar-refractivity contribution in [2.45, 2.75) is 0 Å². The predicted octanol–water partition coefficient (Wildman–Crippen LogP) is 2.12. The van der Waals surface area contributed by atoms with Crippen LogP contribution in [0.15, 0.2) is 41.8 Å². The summed E-state index contributed by atoms with van der Waals surface area (Å²) < 4.78 is 5.26. The van der Waals surface area contributed by atoms with Crippen LogP contribution in [0.1, 0.15) is 9.67 Å². The number of carbonyl (C=O) groups excluding carboxylic acids is 2. The number of benzene rings is 1. The van der Waals surface area contributed by atoms with E-state index in [-0.39, 0.29) is 17.6 Å². The van der Waals surface area contributed by atoms with Gasteiger partial charge in [0.15, 0.2) is 11.7 Å². The summed E-state index contributed by atoms with van der Waals surface area (Å²) in [5.41, 5.74) is 4.82. The molecule has 0 aliphatic carbocycles. The van der Waals surface area contributed by atoms with Gasteiger partial charge in [-0.15, -0.1) is 11.3 Å². The van der Waals surface area contributed by atoms with E-state index < -0.39 is 5.91 Å². The number of amides is 2. The number of nitrogens with one attached hydrogen (secondary N) is 3. The van der Waals surface area contributed by atoms with E-state index in [0.29, 0.717) is 15.6 Å². The minimum absolute atomic E-state index is 0.0281. The maximum atomic E-state index is 11.7. The number of halogens is 1. The van der Waals surface area contributed by atoms with Gasteiger partial charge in [0.1, 0.15) is 5.75 Å². The first kappa shape index (κ1) is 17.2. The molecule has 0 aliphatic heterocycles. The van der Waals surface area contributed by atoms with E-state index in [2.05, 4.69) is 16.2 Å². The maximum absolute atomic E-state index is 11.7. The van der Waals surface area contributed by atoms with Crippen molar-refractivity contribution in [3.8, 4) is 5.75 Å². The van der Waals surface area contributed by atoms with Crippen LogP contribution in [-0.2, 0) is 4.79 Å². The molecule has 0 unspecified atom stereocenters. The highest BCUT2D eigenvalue weighted by molar-refractivity contribution is 7.80. The third-order valence-electron chi connectivity index (χ3n) is 2.47. The summed E-state index contributed by atoms with van der Waals surface area (Å²) in [5.74, 6) is -0.286. The molecule has 2 aromatic rings. The van der Waals surface area contributed by atoms with Crippen molar-refractivity contribution in [2.75, 3.05) is 6.61 Å². The summed E-state index contributed by atoms with van der Waals surface area (Å²) in [7, 11) is 0. The van der Waals surface area contributed by atoms with Crippen LogP contribution in [0.5, 0.6) is 5.75 Å². The molecule has 1 aromatic heterocycles. The van der Waals surface area contributed by atoms with Crippen LogP contribution in [0, 0.1) is 0 Å². The van der Waals surface area contributed by atoms with Crippen molar-refractivity contribution in [1.82, 2.24) is 16.2 Å². The van der Waals surface area contributed by atoms with Crippen LogP contribution in [-0.4, -0.2) is 23.5 Å². The third kappa shape index (κ3) is 5.85. The zero-order valence-electron chi connectivity index (χ0n) is 11.7. The van der Waals surface area contributed by atoms with Gasteiger partial charge in [-0.2, -0.15) is 0 Å². The summed E-state index contributed by atoms with van der Waals surface area (Å²) in [6.45, 7) is -0.220. The Morgan fingerprint density at radius 1 is 1.17 bits per heavy atom. The molecular formula is C14H12ClN3O3S2. The highest BCUT2D eigenvalue weighted by Gasteiger charge is 2.09. The Labute approximate surface area is 146 Å². The molecule has 1 aromatic carbocycles. The van der Waals surface area contributed by atoms with Crippen LogP contribution < -0.4 is 20.9 Å². The molecule has 2 amide bonds. The van der Waals surface area contributed by atoms with Crippen molar-refractivity contribution in [3.63, 3.8) is 0 Å². The zero-order valence-corrected chi connectivity index (χ0v) is 14.1. The summed E-state index contributed by atoms with van der Waals surface area (Å²) in [6, 6.07) is 10.0. The number of thiocarbonyl (C=S) groups is 1. The second-order valence-electron chi connectivity index (χ2n) is 4.18. The number of rotatable bonds is 4. The number of hydrogen-bond acceptors (Lipinski definition) is 5. The van der Waals surface area contributed by atoms with Crippen molar-refractivity contribution in [2.24, 2.45) is 0 Å². The molecule has 0 saturated carbocycles. The van der Waals surface area contributed by atoms with Gasteiger partial charge in [0.05, 0.1) is 4.88 Å². The fraction of sp³-hybridized carbons (Fsp3) is 0.0714. The van der Waals surface area contributed by atoms with Crippen molar-refractivity contribution < 1.29 is 14.3 Å². The monoisotopic (exact) mass is 369 g/mol. The van der Waals surface area contributed by atoms with Gasteiger partial charge < -0.3 is 4.74 Å². The van der Waals surface area contributed by atoms with Gasteiger partial charge in [0.2, 0.25) is 0 Å². The number of hydrazine groups is 1. The Hall–Kier alpha value is -2.16. The molecule has 0 atom stereocenters. The lowest BCUT2D eigenvalue weighted by Gasteiger charge is -2.10. The standard InChI is InChI=1S/C14H12ClN3O3S2/c15-9-3-5-10(6-4-9)21-8-12(19)16-14(22)18-17-13(20)11-2-1-7-23-11/h1-7H,8H2,(H,17,20)(H2,16,18,19,22). The molecule has 0 fully saturated rings. The number of hydrogen-bond donors (Lipinski definition) is 3. The van der Waals surface area contributed by atoms with Crippen LogP contribution in [0.2, 0.25) is 5.02 Å². The van der Waals surface area contributed by atoms with Gasteiger partial charge in [-0.05, 0) is 47.9 Å². The number of thiophene rings is 1. The quantitative estimate of drug-likeness (QED) is 0.568. The molecule has 3 N–H and O–H groups in total. The fourth-order valence-electron chi connectivity index (χ4n) is 1.46. The Bertz CT molecular complexity index is 690. The first-order chi connectivity index (χ1) is 11.0. The van der Waals surface area contributed by atoms with Gasteiger partial charge in [0.25, 0.3) is 11.8 Å². The Morgan fingerprint density at radius 3 is 2.57 bits per heavy atom. The van der Waals surface area contributed by atoms with Crippen LogP contribution in [0.25, 0.3) is 0 Å². The van der Waals surface area contributed by atoms with Gasteiger partial charge in [-0.1, -0.05) is 17.7 Å². The van der Waals surface area contributed by atoms with E-state index in [0.717, 1.165) is 0 Å². The molecule has 1 heterocycles. The van der Waals surface area contributed by atoms with Crippen LogP contribution in [0.3, 0.4) is 0 Å². The van der Waals surface area contributed by atoms with Gasteiger partial charge in [0, 0.05) is 5.02 Å². The average Bonchev–Trinajstić information content (AvgIpc) is 3.06. The third-order valence-corrected chi connectivity index (χ3v) is 3.80. The molecule has 0 spiro atoms. The Kier molecular flexibility index (Phi) is 6.33. The molecule has 6 nitrogen and oxygen atoms in total. The molecular weight excluding hydrogens is 358 g/mol. The molecule has 0 bridgehead atoms. The number of ether oxygens (including phenoxy) is 1. The van der Waals surface area contributed by atoms with E-state index in [4.69, 9.17) is 28.6 Å². The van der Waals surface area contributed by atoms with Gasteiger partial charge >= 0.3 is 0 Å². The highest BCUT2D eigenvalue weighted by atomic mass is 35.5. The van der Waals surface area contributed by atoms with E-state index in [1.165, 1.54) is 11.3 Å². The summed E-state index contributed by atoms with van der Waals surface area (Å²) in [4.78, 5) is 23.9. The van der Waals surface area contributed by atoms with E-state index in [9.17, 15) is 9.59 Å². The smallest absolute Gasteiger partial charge is 0.279 e. The second kappa shape index (κ2) is 8.47. The molecule has 23 heavy (non-hydrogen) atoms. The van der Waals surface area contributed by atoms with E-state index in [1.807, 2.05) is 0 Å². The van der Waals surface area contributed by atoms with Crippen LogP contribution >= 0.6 is 35.2 Å². The zero-order chi connectivity index (χ0) is 16.7. The van der Waals surface area contributed by atoms with Crippen molar-refractivity contribution in [1.29, 1.82) is 0 Å². The van der Waals surface area contributed by atoms with Crippen LogP contribution in [0.4, 0.5) is 0 Å². The molecule has 0 saturated heterocycles. The van der Waals surface area contributed by atoms with Gasteiger partial charge in [-0.25, -0.2) is 0 Å². The summed E-state index contributed by atoms with van der Waals surface area (Å²) in [5, 5.41) is 4.71. The lowest BCUT2D eigenvalue weighted by atomic mass is 10.3. The molecule has 120 valence electrons. The summed E-state index contributed by atoms with van der Waals surface area (Å²) >= 11 is 11.9. The minimum atomic E-state index is -0.456. The topological polar surface area (TPSA) is 79.5 Å². The molecule has 0 radical (unpaired) electrons. The Morgan fingerprint density at radius 2 is 1.91 bits per heavy atom. The minimum Gasteiger partial charge on any atom is -0.484 e. The van der Waals surface area contributed by atoms with Crippen molar-refractivity contribution in [3.05, 3.63) is 51.7 Å². The van der Waals surface area contributed by atoms with E-state index in [1.54, 1.807) is 41.8 Å². The summed E-state index contributed by atoms with van der Waals surface area (Å²) in [6.07, 6.45) is 0. The maximum Gasteiger partial charge on any atom is 0.279 e. The van der Waals surface area contributed by atoms with Gasteiger partial charge in [-0.3, -0.25) is 25.8 Å².